The molecular weight excluding hydrogens is 728 g/mol. The van der Waals surface area contributed by atoms with E-state index in [0.717, 1.165) is 96.3 Å². The van der Waals surface area contributed by atoms with E-state index in [0.29, 0.717) is 12.8 Å². The third-order valence-corrected chi connectivity index (χ3v) is 9.88. The first-order chi connectivity index (χ1) is 26.5. The molecule has 0 saturated heterocycles. The summed E-state index contributed by atoms with van der Waals surface area (Å²) < 4.78 is 0. The summed E-state index contributed by atoms with van der Waals surface area (Å²) in [6.07, 6.45) is 35.8. The first-order valence-electron chi connectivity index (χ1n) is 22.6. The number of carboxylic acid groups (broad SMARTS) is 4. The van der Waals surface area contributed by atoms with Crippen LogP contribution in [0.25, 0.3) is 0 Å². The number of aliphatic hydroxyl groups is 2. The number of unbranched alkanes of at least 4 members (excludes halogenated alkanes) is 24. The molecular formula is C45H84Li4O10. The van der Waals surface area contributed by atoms with Crippen LogP contribution in [0, 0.1) is 0 Å². The minimum atomic E-state index is -1.02. The SMILES string of the molecule is CCCCCCC(O)CCCCCCCCCCC(=O)[O-].CCCCCCC(O)CCCCCCCCCCC(=O)[O-].O=C([O-])CCCCCCCC(=O)[O-].[Li+].[Li+].[Li+].[Li+]. The maximum atomic E-state index is 10.2. The summed E-state index contributed by atoms with van der Waals surface area (Å²) in [5.41, 5.74) is 0. The van der Waals surface area contributed by atoms with Gasteiger partial charge in [0, 0.05) is 23.9 Å². The van der Waals surface area contributed by atoms with E-state index in [9.17, 15) is 49.8 Å². The predicted octanol–water partition coefficient (Wildman–Crippen LogP) is -4.83. The van der Waals surface area contributed by atoms with Gasteiger partial charge in [0.1, 0.15) is 0 Å². The standard InChI is InChI=1S/2C18H36O3.C9H16O4.4Li/c2*1-2-3-4-11-14-17(19)15-12-9-7-5-6-8-10-13-16-18(20)21;10-8(11)6-4-2-1-3-5-7-9(12)13;;;;/h2*17,19H,2-16H2,1H3,(H,20,21);1-7H2,(H,10,11)(H,12,13);;;;/q;;;4*+1/p-4. The number of rotatable bonds is 40. The fraction of sp³-hybridized carbons (Fsp3) is 0.911. The first-order valence-corrected chi connectivity index (χ1v) is 22.6. The van der Waals surface area contributed by atoms with Crippen LogP contribution >= 0.6 is 0 Å². The van der Waals surface area contributed by atoms with Crippen molar-refractivity contribution in [3.8, 4) is 0 Å². The van der Waals surface area contributed by atoms with E-state index in [2.05, 4.69) is 13.8 Å². The molecule has 0 fully saturated rings. The van der Waals surface area contributed by atoms with E-state index in [-0.39, 0.29) is 113 Å². The summed E-state index contributed by atoms with van der Waals surface area (Å²) in [6.45, 7) is 4.42. The second-order valence-corrected chi connectivity index (χ2v) is 15.5. The summed E-state index contributed by atoms with van der Waals surface area (Å²) in [6, 6.07) is 0. The van der Waals surface area contributed by atoms with Crippen LogP contribution in [0.5, 0.6) is 0 Å². The van der Waals surface area contributed by atoms with Crippen LogP contribution in [-0.2, 0) is 19.2 Å². The fourth-order valence-corrected chi connectivity index (χ4v) is 6.39. The van der Waals surface area contributed by atoms with Crippen molar-refractivity contribution in [3.63, 3.8) is 0 Å². The molecule has 2 N–H and O–H groups in total. The average Bonchev–Trinajstić information content (AvgIpc) is 3.13. The smallest absolute Gasteiger partial charge is 0.550 e. The van der Waals surface area contributed by atoms with Crippen molar-refractivity contribution >= 4 is 23.9 Å². The second kappa shape index (κ2) is 62.5. The largest absolute Gasteiger partial charge is 1.00 e. The van der Waals surface area contributed by atoms with Crippen molar-refractivity contribution in [2.24, 2.45) is 0 Å². The Labute approximate surface area is 409 Å². The maximum Gasteiger partial charge on any atom is 1.00 e. The molecule has 0 amide bonds. The van der Waals surface area contributed by atoms with Gasteiger partial charge in [-0.25, -0.2) is 0 Å². The number of carboxylic acids is 4. The van der Waals surface area contributed by atoms with Crippen molar-refractivity contribution in [1.82, 2.24) is 0 Å². The van der Waals surface area contributed by atoms with Crippen LogP contribution in [0.3, 0.4) is 0 Å². The van der Waals surface area contributed by atoms with Gasteiger partial charge in [0.05, 0.1) is 12.2 Å². The third kappa shape index (κ3) is 79.1. The second-order valence-electron chi connectivity index (χ2n) is 15.5. The van der Waals surface area contributed by atoms with E-state index in [1.165, 1.54) is 103 Å². The molecule has 328 valence electrons. The van der Waals surface area contributed by atoms with Crippen molar-refractivity contribution < 1.29 is 125 Å². The van der Waals surface area contributed by atoms with Gasteiger partial charge in [0.2, 0.25) is 0 Å². The van der Waals surface area contributed by atoms with Gasteiger partial charge in [-0.1, -0.05) is 174 Å². The summed E-state index contributed by atoms with van der Waals surface area (Å²) in [5, 5.41) is 60.1. The van der Waals surface area contributed by atoms with Gasteiger partial charge in [-0.15, -0.1) is 0 Å². The molecule has 0 aromatic heterocycles. The van der Waals surface area contributed by atoms with Crippen LogP contribution < -0.4 is 95.9 Å². The molecule has 0 bridgehead atoms. The number of hydrogen-bond acceptors (Lipinski definition) is 10. The van der Waals surface area contributed by atoms with Crippen molar-refractivity contribution in [3.05, 3.63) is 0 Å². The molecule has 2 atom stereocenters. The zero-order valence-corrected chi connectivity index (χ0v) is 39.5. The van der Waals surface area contributed by atoms with E-state index in [4.69, 9.17) is 0 Å². The molecule has 0 aromatic carbocycles. The Bertz CT molecular complexity index is 790. The Kier molecular flexibility index (Phi) is 77.9. The van der Waals surface area contributed by atoms with Crippen molar-refractivity contribution in [2.45, 2.75) is 264 Å². The van der Waals surface area contributed by atoms with Crippen LogP contribution in [0.4, 0.5) is 0 Å². The van der Waals surface area contributed by atoms with E-state index in [1.807, 2.05) is 0 Å². The van der Waals surface area contributed by atoms with Crippen molar-refractivity contribution in [2.75, 3.05) is 0 Å². The van der Waals surface area contributed by atoms with Crippen LogP contribution in [-0.4, -0.2) is 46.3 Å². The molecule has 14 heteroatoms. The third-order valence-electron chi connectivity index (χ3n) is 9.88. The molecule has 0 aromatic rings. The van der Waals surface area contributed by atoms with Gasteiger partial charge >= 0.3 is 75.4 Å². The van der Waals surface area contributed by atoms with Gasteiger partial charge in [-0.05, 0) is 77.0 Å². The normalized spacial score (nSPS) is 11.1. The zero-order chi connectivity index (χ0) is 41.6. The predicted molar refractivity (Wildman–Crippen MR) is 214 cm³/mol. The van der Waals surface area contributed by atoms with Crippen LogP contribution in [0.1, 0.15) is 251 Å². The quantitative estimate of drug-likeness (QED) is 0.0447. The van der Waals surface area contributed by atoms with E-state index >= 15 is 0 Å². The Morgan fingerprint density at radius 2 is 0.458 bits per heavy atom. The zero-order valence-electron chi connectivity index (χ0n) is 39.5. The van der Waals surface area contributed by atoms with E-state index in [1.54, 1.807) is 0 Å². The Balaban J connectivity index is -0.000000137. The Hall–Kier alpha value is 0.190. The molecule has 10 nitrogen and oxygen atoms in total. The topological polar surface area (TPSA) is 201 Å². The number of carbonyl (C=O) groups is 4. The molecule has 0 aliphatic heterocycles. The number of aliphatic carboxylic acids is 4. The molecule has 0 saturated carbocycles. The molecule has 0 radical (unpaired) electrons. The van der Waals surface area contributed by atoms with E-state index < -0.39 is 23.9 Å². The Morgan fingerprint density at radius 3 is 0.627 bits per heavy atom. The summed E-state index contributed by atoms with van der Waals surface area (Å²) in [4.78, 5) is 40.4. The number of carbonyl (C=O) groups excluding carboxylic acids is 4. The van der Waals surface area contributed by atoms with Crippen molar-refractivity contribution in [1.29, 1.82) is 0 Å². The van der Waals surface area contributed by atoms with Gasteiger partial charge < -0.3 is 49.8 Å². The minimum absolute atomic E-state index is 0. The number of hydrogen-bond donors (Lipinski definition) is 2. The summed E-state index contributed by atoms with van der Waals surface area (Å²) in [5.74, 6) is -3.89. The molecule has 0 aliphatic rings. The molecule has 0 rings (SSSR count). The van der Waals surface area contributed by atoms with Crippen LogP contribution in [0.2, 0.25) is 0 Å². The molecule has 59 heavy (non-hydrogen) atoms. The summed E-state index contributed by atoms with van der Waals surface area (Å²) in [7, 11) is 0. The minimum Gasteiger partial charge on any atom is -0.550 e. The molecule has 2 unspecified atom stereocenters. The molecule has 0 aliphatic carbocycles. The fourth-order valence-electron chi connectivity index (χ4n) is 6.39. The van der Waals surface area contributed by atoms with Gasteiger partial charge in [-0.2, -0.15) is 0 Å². The molecule has 0 heterocycles. The molecule has 0 spiro atoms. The monoisotopic (exact) mass is 813 g/mol. The van der Waals surface area contributed by atoms with Gasteiger partial charge in [0.25, 0.3) is 0 Å². The summed E-state index contributed by atoms with van der Waals surface area (Å²) >= 11 is 0. The Morgan fingerprint density at radius 1 is 0.305 bits per heavy atom. The van der Waals surface area contributed by atoms with Gasteiger partial charge in [-0.3, -0.25) is 0 Å². The maximum absolute atomic E-state index is 10.2. The van der Waals surface area contributed by atoms with Gasteiger partial charge in [0.15, 0.2) is 0 Å². The average molecular weight is 813 g/mol. The van der Waals surface area contributed by atoms with Crippen LogP contribution in [0.15, 0.2) is 0 Å². The first kappa shape index (κ1) is 73.6. The number of aliphatic hydroxyl groups excluding tert-OH is 2.